The maximum atomic E-state index is 12.6. The maximum Gasteiger partial charge on any atom is 0.416 e. The van der Waals surface area contributed by atoms with Crippen molar-refractivity contribution in [3.63, 3.8) is 0 Å². The third-order valence-electron chi connectivity index (χ3n) is 4.62. The molecule has 0 amide bonds. The summed E-state index contributed by atoms with van der Waals surface area (Å²) in [6, 6.07) is 6.26. The molecule has 1 aliphatic rings. The summed E-state index contributed by atoms with van der Waals surface area (Å²) >= 11 is 0. The number of aromatic nitrogens is 2. The number of hydrogen-bond donors (Lipinski definition) is 1. The molecule has 1 aliphatic heterocycles. The predicted octanol–water partition coefficient (Wildman–Crippen LogP) is 2.23. The lowest BCUT2D eigenvalue weighted by molar-refractivity contribution is -0.137. The lowest BCUT2D eigenvalue weighted by Crippen LogP contribution is -2.47. The lowest BCUT2D eigenvalue weighted by atomic mass is 10.2. The molecule has 1 saturated heterocycles. The molecule has 1 aromatic carbocycles. The van der Waals surface area contributed by atoms with Gasteiger partial charge in [-0.3, -0.25) is 5.10 Å². The first-order valence-corrected chi connectivity index (χ1v) is 10.6. The second kappa shape index (κ2) is 8.92. The Morgan fingerprint density at radius 3 is 2.63 bits per heavy atom. The number of morpholine rings is 1. The van der Waals surface area contributed by atoms with Crippen LogP contribution < -0.4 is 4.74 Å². The van der Waals surface area contributed by atoms with E-state index in [1.807, 2.05) is 0 Å². The Hall–Kier alpha value is -2.15. The van der Waals surface area contributed by atoms with Gasteiger partial charge in [-0.1, -0.05) is 0 Å². The van der Waals surface area contributed by atoms with Gasteiger partial charge in [-0.05, 0) is 30.3 Å². The molecule has 2 aromatic rings. The minimum atomic E-state index is -4.38. The first-order chi connectivity index (χ1) is 14.1. The van der Waals surface area contributed by atoms with E-state index in [0.717, 1.165) is 22.1 Å². The molecule has 8 nitrogen and oxygen atoms in total. The van der Waals surface area contributed by atoms with Crippen LogP contribution in [0.5, 0.6) is 5.75 Å². The lowest BCUT2D eigenvalue weighted by Gasteiger charge is -2.32. The van der Waals surface area contributed by atoms with Crippen molar-refractivity contribution in [1.82, 2.24) is 18.8 Å². The first-order valence-electron chi connectivity index (χ1n) is 9.21. The Bertz CT molecular complexity index is 945. The van der Waals surface area contributed by atoms with E-state index in [2.05, 4.69) is 10.2 Å². The summed E-state index contributed by atoms with van der Waals surface area (Å²) < 4.78 is 76.0. The van der Waals surface area contributed by atoms with Crippen LogP contribution in [0.2, 0.25) is 0 Å². The molecule has 3 rings (SSSR count). The molecule has 30 heavy (non-hydrogen) atoms. The highest BCUT2D eigenvalue weighted by Crippen LogP contribution is 2.30. The summed E-state index contributed by atoms with van der Waals surface area (Å²) in [5.74, 6) is 0.336. The van der Waals surface area contributed by atoms with Gasteiger partial charge in [0.15, 0.2) is 0 Å². The fraction of sp³-hybridized carbons (Fsp3) is 0.500. The van der Waals surface area contributed by atoms with Gasteiger partial charge in [0.2, 0.25) is 0 Å². The average molecular weight is 448 g/mol. The van der Waals surface area contributed by atoms with Crippen LogP contribution >= 0.6 is 0 Å². The fourth-order valence-corrected chi connectivity index (χ4v) is 4.03. The van der Waals surface area contributed by atoms with Crippen LogP contribution in [-0.4, -0.2) is 67.6 Å². The van der Waals surface area contributed by atoms with E-state index < -0.39 is 28.1 Å². The van der Waals surface area contributed by atoms with Gasteiger partial charge in [-0.2, -0.15) is 35.3 Å². The van der Waals surface area contributed by atoms with Crippen molar-refractivity contribution in [1.29, 1.82) is 0 Å². The van der Waals surface area contributed by atoms with Crippen LogP contribution in [0, 0.1) is 0 Å². The van der Waals surface area contributed by atoms with Crippen molar-refractivity contribution in [3.05, 3.63) is 47.3 Å². The molecule has 1 aromatic heterocycles. The molecule has 0 spiro atoms. The number of ether oxygens (including phenoxy) is 2. The number of nitrogens with one attached hydrogen (secondary N) is 1. The van der Waals surface area contributed by atoms with Crippen LogP contribution in [0.4, 0.5) is 13.2 Å². The number of nitrogens with zero attached hydrogens (tertiary/aromatic N) is 3. The van der Waals surface area contributed by atoms with Gasteiger partial charge in [-0.15, -0.1) is 0 Å². The molecule has 0 radical (unpaired) electrons. The summed E-state index contributed by atoms with van der Waals surface area (Å²) in [5.41, 5.74) is 0.595. The molecule has 1 N–H and O–H groups in total. The monoisotopic (exact) mass is 448 g/mol. The first kappa shape index (κ1) is 22.5. The second-order valence-corrected chi connectivity index (χ2v) is 9.09. The zero-order chi connectivity index (χ0) is 21.9. The molecular formula is C18H23F3N4O4S. The molecule has 0 saturated carbocycles. The van der Waals surface area contributed by atoms with E-state index in [-0.39, 0.29) is 26.3 Å². The Labute approximate surface area is 172 Å². The summed E-state index contributed by atoms with van der Waals surface area (Å²) in [6.07, 6.45) is -4.43. The molecule has 166 valence electrons. The van der Waals surface area contributed by atoms with Crippen LogP contribution in [0.1, 0.15) is 23.1 Å². The Morgan fingerprint density at radius 2 is 2.00 bits per heavy atom. The van der Waals surface area contributed by atoms with Crippen molar-refractivity contribution < 1.29 is 31.1 Å². The Kier molecular flexibility index (Phi) is 6.70. The van der Waals surface area contributed by atoms with Gasteiger partial charge >= 0.3 is 6.18 Å². The SMILES string of the molecule is CN(C)S(=O)(=O)N1CCO[C@H](c2cc(CCOc3ccc(C(F)(F)F)cc3)[nH]n2)C1. The highest BCUT2D eigenvalue weighted by molar-refractivity contribution is 7.86. The van der Waals surface area contributed by atoms with Crippen molar-refractivity contribution in [2.75, 3.05) is 40.4 Å². The fourth-order valence-electron chi connectivity index (χ4n) is 2.94. The third kappa shape index (κ3) is 5.31. The van der Waals surface area contributed by atoms with E-state index in [1.165, 1.54) is 30.5 Å². The van der Waals surface area contributed by atoms with Gasteiger partial charge in [0, 0.05) is 39.3 Å². The number of H-pyrrole nitrogens is 1. The molecule has 12 heteroatoms. The summed E-state index contributed by atoms with van der Waals surface area (Å²) in [5, 5.41) is 7.06. The van der Waals surface area contributed by atoms with Crippen molar-refractivity contribution in [2.24, 2.45) is 0 Å². The van der Waals surface area contributed by atoms with Gasteiger partial charge < -0.3 is 9.47 Å². The quantitative estimate of drug-likeness (QED) is 0.702. The smallest absolute Gasteiger partial charge is 0.416 e. The number of benzene rings is 1. The van der Waals surface area contributed by atoms with Crippen LogP contribution in [0.3, 0.4) is 0 Å². The number of aromatic amines is 1. The maximum absolute atomic E-state index is 12.6. The van der Waals surface area contributed by atoms with Crippen LogP contribution in [0.25, 0.3) is 0 Å². The Morgan fingerprint density at radius 1 is 1.30 bits per heavy atom. The largest absolute Gasteiger partial charge is 0.493 e. The van der Waals surface area contributed by atoms with Crippen molar-refractivity contribution >= 4 is 10.2 Å². The molecular weight excluding hydrogens is 425 g/mol. The third-order valence-corrected chi connectivity index (χ3v) is 6.53. The predicted molar refractivity (Wildman–Crippen MR) is 102 cm³/mol. The molecule has 2 heterocycles. The summed E-state index contributed by atoms with van der Waals surface area (Å²) in [7, 11) is -0.582. The standard InChI is InChI=1S/C18H23F3N4O4S/c1-24(2)30(26,27)25-8-10-29-17(12-25)16-11-14(22-23-16)7-9-28-15-5-3-13(4-6-15)18(19,20)21/h3-6,11,17H,7-10,12H2,1-2H3,(H,22,23)/t17-/m0/s1. The summed E-state index contributed by atoms with van der Waals surface area (Å²) in [6.45, 7) is 0.929. The second-order valence-electron chi connectivity index (χ2n) is 6.95. The molecule has 0 bridgehead atoms. The van der Waals surface area contributed by atoms with Gasteiger partial charge in [0.1, 0.15) is 11.9 Å². The van der Waals surface area contributed by atoms with E-state index in [1.54, 1.807) is 6.07 Å². The zero-order valence-corrected chi connectivity index (χ0v) is 17.3. The number of alkyl halides is 3. The van der Waals surface area contributed by atoms with E-state index in [0.29, 0.717) is 17.9 Å². The minimum absolute atomic E-state index is 0.160. The Balaban J connectivity index is 1.54. The summed E-state index contributed by atoms with van der Waals surface area (Å²) in [4.78, 5) is 0. The van der Waals surface area contributed by atoms with Gasteiger partial charge in [-0.25, -0.2) is 0 Å². The highest BCUT2D eigenvalue weighted by Gasteiger charge is 2.33. The molecule has 1 fully saturated rings. The topological polar surface area (TPSA) is 87.8 Å². The van der Waals surface area contributed by atoms with Crippen molar-refractivity contribution in [3.8, 4) is 5.75 Å². The van der Waals surface area contributed by atoms with Gasteiger partial charge in [0.25, 0.3) is 10.2 Å². The van der Waals surface area contributed by atoms with E-state index in [4.69, 9.17) is 9.47 Å². The molecule has 0 aliphatic carbocycles. The zero-order valence-electron chi connectivity index (χ0n) is 16.5. The number of hydrogen-bond acceptors (Lipinski definition) is 5. The van der Waals surface area contributed by atoms with Gasteiger partial charge in [0.05, 0.1) is 24.5 Å². The minimum Gasteiger partial charge on any atom is -0.493 e. The highest BCUT2D eigenvalue weighted by atomic mass is 32.2. The van der Waals surface area contributed by atoms with Crippen LogP contribution in [-0.2, 0) is 27.5 Å². The number of rotatable bonds is 7. The van der Waals surface area contributed by atoms with Crippen molar-refractivity contribution in [2.45, 2.75) is 18.7 Å². The van der Waals surface area contributed by atoms with E-state index >= 15 is 0 Å². The molecule has 1 atom stereocenters. The average Bonchev–Trinajstić information content (AvgIpc) is 3.17. The number of halogens is 3. The van der Waals surface area contributed by atoms with E-state index in [9.17, 15) is 21.6 Å². The van der Waals surface area contributed by atoms with Crippen LogP contribution in [0.15, 0.2) is 30.3 Å². The normalized spacial score (nSPS) is 18.7. The molecule has 0 unspecified atom stereocenters.